The fraction of sp³-hybridized carbons (Fsp3) is 0.938. The quantitative estimate of drug-likeness (QED) is 0.686. The Morgan fingerprint density at radius 2 is 2.00 bits per heavy atom. The molecule has 1 aliphatic heterocycles. The van der Waals surface area contributed by atoms with E-state index in [0.29, 0.717) is 17.9 Å². The maximum Gasteiger partial charge on any atom is 0.222 e. The molecule has 0 aromatic carbocycles. The minimum Gasteiger partial charge on any atom is -0.339 e. The Kier molecular flexibility index (Phi) is 8.11. The molecule has 112 valence electrons. The van der Waals surface area contributed by atoms with E-state index < -0.39 is 0 Å². The van der Waals surface area contributed by atoms with Crippen LogP contribution in [0.4, 0.5) is 0 Å². The maximum atomic E-state index is 12.4. The number of nitrogens with zero attached hydrogens (tertiary/aromatic N) is 1. The summed E-state index contributed by atoms with van der Waals surface area (Å²) in [5, 5.41) is 0. The molecular formula is C16H32N2O. The zero-order valence-corrected chi connectivity index (χ0v) is 12.9. The molecule has 0 spiro atoms. The predicted molar refractivity (Wildman–Crippen MR) is 80.9 cm³/mol. The first kappa shape index (κ1) is 16.5. The van der Waals surface area contributed by atoms with Crippen LogP contribution in [-0.4, -0.2) is 29.9 Å². The van der Waals surface area contributed by atoms with Gasteiger partial charge in [0.25, 0.3) is 0 Å². The maximum absolute atomic E-state index is 12.4. The molecule has 3 heteroatoms. The third-order valence-corrected chi connectivity index (χ3v) is 4.37. The molecule has 2 N–H and O–H groups in total. The van der Waals surface area contributed by atoms with Crippen molar-refractivity contribution in [2.24, 2.45) is 11.7 Å². The number of amides is 1. The normalized spacial score (nSPS) is 23.6. The molecule has 2 unspecified atom stereocenters. The average Bonchev–Trinajstić information content (AvgIpc) is 2.41. The van der Waals surface area contributed by atoms with E-state index in [9.17, 15) is 4.79 Å². The summed E-state index contributed by atoms with van der Waals surface area (Å²) in [6, 6.07) is 0.496. The summed E-state index contributed by atoms with van der Waals surface area (Å²) in [6.45, 7) is 6.28. The van der Waals surface area contributed by atoms with Crippen LogP contribution in [0.15, 0.2) is 0 Å². The summed E-state index contributed by atoms with van der Waals surface area (Å²) in [5.41, 5.74) is 5.48. The standard InChI is InChI=1S/C16H32N2O/c1-3-9-15-14(2)10-8-13-18(15)16(19)11-6-4-5-7-12-17/h14-15H,3-13,17H2,1-2H3. The fourth-order valence-corrected chi connectivity index (χ4v) is 3.21. The Hall–Kier alpha value is -0.570. The lowest BCUT2D eigenvalue weighted by Gasteiger charge is -2.40. The van der Waals surface area contributed by atoms with Crippen molar-refractivity contribution >= 4 is 5.91 Å². The number of piperidine rings is 1. The Morgan fingerprint density at radius 1 is 1.26 bits per heavy atom. The van der Waals surface area contributed by atoms with Gasteiger partial charge in [0.05, 0.1) is 0 Å². The van der Waals surface area contributed by atoms with Crippen molar-refractivity contribution in [1.29, 1.82) is 0 Å². The Morgan fingerprint density at radius 3 is 2.68 bits per heavy atom. The zero-order chi connectivity index (χ0) is 14.1. The molecule has 1 rings (SSSR count). The smallest absolute Gasteiger partial charge is 0.222 e. The van der Waals surface area contributed by atoms with E-state index in [0.717, 1.165) is 38.8 Å². The summed E-state index contributed by atoms with van der Waals surface area (Å²) >= 11 is 0. The molecule has 19 heavy (non-hydrogen) atoms. The summed E-state index contributed by atoms with van der Waals surface area (Å²) in [7, 11) is 0. The second kappa shape index (κ2) is 9.35. The number of likely N-dealkylation sites (tertiary alicyclic amines) is 1. The molecule has 0 bridgehead atoms. The van der Waals surface area contributed by atoms with Crippen molar-refractivity contribution < 1.29 is 4.79 Å². The van der Waals surface area contributed by atoms with E-state index in [1.807, 2.05) is 0 Å². The van der Waals surface area contributed by atoms with Gasteiger partial charge in [-0.15, -0.1) is 0 Å². The topological polar surface area (TPSA) is 46.3 Å². The summed E-state index contributed by atoms with van der Waals surface area (Å²) < 4.78 is 0. The highest BCUT2D eigenvalue weighted by molar-refractivity contribution is 5.76. The number of unbranched alkanes of at least 4 members (excludes halogenated alkanes) is 3. The van der Waals surface area contributed by atoms with Crippen LogP contribution in [0, 0.1) is 5.92 Å². The highest BCUT2D eigenvalue weighted by Crippen LogP contribution is 2.27. The van der Waals surface area contributed by atoms with E-state index in [-0.39, 0.29) is 0 Å². The van der Waals surface area contributed by atoms with Gasteiger partial charge in [0, 0.05) is 19.0 Å². The Labute approximate surface area is 118 Å². The number of hydrogen-bond acceptors (Lipinski definition) is 2. The van der Waals surface area contributed by atoms with Crippen LogP contribution in [0.1, 0.15) is 71.6 Å². The average molecular weight is 268 g/mol. The molecule has 1 heterocycles. The molecule has 0 saturated carbocycles. The molecule has 0 aromatic heterocycles. The number of rotatable bonds is 8. The van der Waals surface area contributed by atoms with Gasteiger partial charge in [0.1, 0.15) is 0 Å². The van der Waals surface area contributed by atoms with Crippen LogP contribution < -0.4 is 5.73 Å². The third kappa shape index (κ3) is 5.52. The first-order valence-electron chi connectivity index (χ1n) is 8.20. The molecular weight excluding hydrogens is 236 g/mol. The van der Waals surface area contributed by atoms with E-state index in [2.05, 4.69) is 18.7 Å². The molecule has 3 nitrogen and oxygen atoms in total. The van der Waals surface area contributed by atoms with Crippen LogP contribution >= 0.6 is 0 Å². The van der Waals surface area contributed by atoms with E-state index in [1.54, 1.807) is 0 Å². The van der Waals surface area contributed by atoms with Crippen LogP contribution in [0.25, 0.3) is 0 Å². The van der Waals surface area contributed by atoms with Crippen molar-refractivity contribution in [3.8, 4) is 0 Å². The summed E-state index contributed by atoms with van der Waals surface area (Å²) in [6.07, 6.45) is 9.97. The van der Waals surface area contributed by atoms with Gasteiger partial charge < -0.3 is 10.6 Å². The Balaban J connectivity index is 2.35. The van der Waals surface area contributed by atoms with E-state index in [1.165, 1.54) is 32.1 Å². The van der Waals surface area contributed by atoms with E-state index >= 15 is 0 Å². The van der Waals surface area contributed by atoms with Gasteiger partial charge in [-0.1, -0.05) is 33.1 Å². The SMILES string of the molecule is CCCC1C(C)CCCN1C(=O)CCCCCCN. The Bertz CT molecular complexity index is 255. The van der Waals surface area contributed by atoms with Gasteiger partial charge in [-0.3, -0.25) is 4.79 Å². The third-order valence-electron chi connectivity index (χ3n) is 4.37. The molecule has 1 amide bonds. The summed E-state index contributed by atoms with van der Waals surface area (Å²) in [5.74, 6) is 1.06. The molecule has 1 saturated heterocycles. The van der Waals surface area contributed by atoms with Crippen molar-refractivity contribution in [1.82, 2.24) is 4.90 Å². The van der Waals surface area contributed by atoms with Gasteiger partial charge in [-0.05, 0) is 44.6 Å². The van der Waals surface area contributed by atoms with Crippen molar-refractivity contribution in [3.05, 3.63) is 0 Å². The molecule has 1 aliphatic rings. The minimum atomic E-state index is 0.387. The number of carbonyl (C=O) groups is 1. The largest absolute Gasteiger partial charge is 0.339 e. The lowest BCUT2D eigenvalue weighted by Crippen LogP contribution is -2.47. The van der Waals surface area contributed by atoms with Gasteiger partial charge in [0.2, 0.25) is 5.91 Å². The fourth-order valence-electron chi connectivity index (χ4n) is 3.21. The monoisotopic (exact) mass is 268 g/mol. The van der Waals surface area contributed by atoms with Crippen molar-refractivity contribution in [2.45, 2.75) is 77.7 Å². The molecule has 2 atom stereocenters. The molecule has 0 aliphatic carbocycles. The molecule has 0 aromatic rings. The van der Waals surface area contributed by atoms with Gasteiger partial charge in [0.15, 0.2) is 0 Å². The molecule has 1 fully saturated rings. The van der Waals surface area contributed by atoms with Crippen molar-refractivity contribution in [2.75, 3.05) is 13.1 Å². The lowest BCUT2D eigenvalue weighted by molar-refractivity contribution is -0.136. The van der Waals surface area contributed by atoms with Crippen molar-refractivity contribution in [3.63, 3.8) is 0 Å². The summed E-state index contributed by atoms with van der Waals surface area (Å²) in [4.78, 5) is 14.5. The minimum absolute atomic E-state index is 0.387. The van der Waals surface area contributed by atoms with E-state index in [4.69, 9.17) is 5.73 Å². The van der Waals surface area contributed by atoms with Crippen LogP contribution in [-0.2, 0) is 4.79 Å². The lowest BCUT2D eigenvalue weighted by atomic mass is 9.87. The number of hydrogen-bond donors (Lipinski definition) is 1. The van der Waals surface area contributed by atoms with Gasteiger partial charge >= 0.3 is 0 Å². The van der Waals surface area contributed by atoms with Gasteiger partial charge in [-0.2, -0.15) is 0 Å². The van der Waals surface area contributed by atoms with Gasteiger partial charge in [-0.25, -0.2) is 0 Å². The highest BCUT2D eigenvalue weighted by atomic mass is 16.2. The second-order valence-corrected chi connectivity index (χ2v) is 6.02. The second-order valence-electron chi connectivity index (χ2n) is 6.02. The zero-order valence-electron chi connectivity index (χ0n) is 12.9. The first-order valence-corrected chi connectivity index (χ1v) is 8.20. The van der Waals surface area contributed by atoms with Crippen LogP contribution in [0.3, 0.4) is 0 Å². The van der Waals surface area contributed by atoms with Crippen LogP contribution in [0.5, 0.6) is 0 Å². The first-order chi connectivity index (χ1) is 9.20. The predicted octanol–water partition coefficient (Wildman–Crippen LogP) is 3.32. The number of carbonyl (C=O) groups excluding carboxylic acids is 1. The number of nitrogens with two attached hydrogens (primary N) is 1. The molecule has 0 radical (unpaired) electrons. The van der Waals surface area contributed by atoms with Crippen LogP contribution in [0.2, 0.25) is 0 Å². The highest BCUT2D eigenvalue weighted by Gasteiger charge is 2.30.